The van der Waals surface area contributed by atoms with E-state index in [1.807, 2.05) is 5.43 Å². The summed E-state index contributed by atoms with van der Waals surface area (Å²) in [4.78, 5) is 46.8. The van der Waals surface area contributed by atoms with Crippen LogP contribution in [0.3, 0.4) is 0 Å². The van der Waals surface area contributed by atoms with Crippen LogP contribution in [0.15, 0.2) is 24.3 Å². The van der Waals surface area contributed by atoms with Crippen molar-refractivity contribution < 1.29 is 24.3 Å². The van der Waals surface area contributed by atoms with Crippen LogP contribution in [-0.4, -0.2) is 52.9 Å². The monoisotopic (exact) mass is 365 g/mol. The topological polar surface area (TPSA) is 204 Å². The molecule has 0 heterocycles. The van der Waals surface area contributed by atoms with Crippen molar-refractivity contribution in [3.05, 3.63) is 29.8 Å². The number of carboxylic acids is 1. The number of nitrogens with one attached hydrogen (secondary N) is 4. The molecular weight excluding hydrogens is 346 g/mol. The van der Waals surface area contributed by atoms with E-state index >= 15 is 0 Å². The van der Waals surface area contributed by atoms with Gasteiger partial charge in [0.25, 0.3) is 5.91 Å². The number of carbonyl (C=O) groups is 4. The van der Waals surface area contributed by atoms with Crippen LogP contribution in [0.1, 0.15) is 16.8 Å². The van der Waals surface area contributed by atoms with Crippen molar-refractivity contribution in [2.75, 3.05) is 12.4 Å². The van der Waals surface area contributed by atoms with Crippen molar-refractivity contribution >= 4 is 35.5 Å². The maximum absolute atomic E-state index is 12.3. The Morgan fingerprint density at radius 1 is 1.27 bits per heavy atom. The highest BCUT2D eigenvalue weighted by atomic mass is 16.4. The molecule has 0 unspecified atom stereocenters. The Hall–Kier alpha value is -3.67. The van der Waals surface area contributed by atoms with Gasteiger partial charge < -0.3 is 21.9 Å². The number of imide groups is 1. The highest BCUT2D eigenvalue weighted by Crippen LogP contribution is 2.12. The van der Waals surface area contributed by atoms with E-state index in [1.165, 1.54) is 25.2 Å². The molecular formula is C14H19N7O5. The molecule has 0 saturated carbocycles. The summed E-state index contributed by atoms with van der Waals surface area (Å²) in [5.74, 6) is -3.29. The van der Waals surface area contributed by atoms with E-state index in [0.717, 1.165) is 0 Å². The summed E-state index contributed by atoms with van der Waals surface area (Å²) in [5, 5.41) is 18.3. The standard InChI is InChI=1S/C14H19N7O5/c1-21(14(26)20-19-9(11(15)24)6-10(22)23)12(25)7-3-2-4-8(5-7)18-13(16)17/h2-5,9,19H,6H2,1H3,(H2,15,24)(H,20,26)(H,22,23)(H4,16,17,18)/t9-/m0/s1. The summed E-state index contributed by atoms with van der Waals surface area (Å²) in [5.41, 5.74) is 15.0. The zero-order chi connectivity index (χ0) is 19.9. The molecule has 4 amide bonds. The Morgan fingerprint density at radius 3 is 2.46 bits per heavy atom. The molecule has 1 aromatic carbocycles. The first-order valence-corrected chi connectivity index (χ1v) is 7.17. The van der Waals surface area contributed by atoms with Crippen molar-refractivity contribution in [3.63, 3.8) is 0 Å². The molecule has 9 N–H and O–H groups in total. The molecule has 12 nitrogen and oxygen atoms in total. The summed E-state index contributed by atoms with van der Waals surface area (Å²) < 4.78 is 0. The lowest BCUT2D eigenvalue weighted by Gasteiger charge is -2.19. The first-order valence-electron chi connectivity index (χ1n) is 7.17. The number of anilines is 1. The van der Waals surface area contributed by atoms with E-state index in [4.69, 9.17) is 22.0 Å². The number of nitrogens with zero attached hydrogens (tertiary/aromatic N) is 1. The number of amides is 4. The van der Waals surface area contributed by atoms with E-state index in [-0.39, 0.29) is 11.5 Å². The van der Waals surface area contributed by atoms with E-state index in [0.29, 0.717) is 10.6 Å². The molecule has 0 aromatic heterocycles. The third kappa shape index (κ3) is 6.09. The van der Waals surface area contributed by atoms with Gasteiger partial charge in [0, 0.05) is 18.3 Å². The number of urea groups is 1. The molecule has 0 fully saturated rings. The number of benzene rings is 1. The van der Waals surface area contributed by atoms with Crippen molar-refractivity contribution in [2.45, 2.75) is 12.5 Å². The number of carbonyl (C=O) groups excluding carboxylic acids is 3. The number of nitrogens with two attached hydrogens (primary N) is 2. The lowest BCUT2D eigenvalue weighted by atomic mass is 10.2. The summed E-state index contributed by atoms with van der Waals surface area (Å²) in [7, 11) is 1.18. The molecule has 1 aromatic rings. The Morgan fingerprint density at radius 2 is 1.92 bits per heavy atom. The van der Waals surface area contributed by atoms with Crippen molar-refractivity contribution in [1.82, 2.24) is 15.8 Å². The average molecular weight is 365 g/mol. The van der Waals surface area contributed by atoms with Gasteiger partial charge >= 0.3 is 12.0 Å². The predicted octanol–water partition coefficient (Wildman–Crippen LogP) is -1.39. The first-order chi connectivity index (χ1) is 12.1. The van der Waals surface area contributed by atoms with Crippen LogP contribution in [0.5, 0.6) is 0 Å². The number of aliphatic carboxylic acids is 1. The smallest absolute Gasteiger partial charge is 0.338 e. The molecule has 12 heteroatoms. The Kier molecular flexibility index (Phi) is 7.04. The third-order valence-corrected chi connectivity index (χ3v) is 3.07. The second kappa shape index (κ2) is 8.98. The van der Waals surface area contributed by atoms with E-state index in [9.17, 15) is 19.2 Å². The van der Waals surface area contributed by atoms with Crippen LogP contribution in [-0.2, 0) is 9.59 Å². The van der Waals surface area contributed by atoms with Gasteiger partial charge in [-0.1, -0.05) is 6.07 Å². The second-order valence-corrected chi connectivity index (χ2v) is 5.11. The van der Waals surface area contributed by atoms with Gasteiger partial charge in [-0.3, -0.25) is 30.1 Å². The zero-order valence-electron chi connectivity index (χ0n) is 13.8. The van der Waals surface area contributed by atoms with Crippen LogP contribution >= 0.6 is 0 Å². The zero-order valence-corrected chi connectivity index (χ0v) is 13.8. The number of hydrogen-bond acceptors (Lipinski definition) is 6. The molecule has 0 aliphatic heterocycles. The van der Waals surface area contributed by atoms with E-state index < -0.39 is 36.3 Å². The third-order valence-electron chi connectivity index (χ3n) is 3.07. The van der Waals surface area contributed by atoms with E-state index in [2.05, 4.69) is 10.7 Å². The largest absolute Gasteiger partial charge is 0.481 e. The number of carboxylic acid groups (broad SMARTS) is 1. The summed E-state index contributed by atoms with van der Waals surface area (Å²) in [6, 6.07) is 3.65. The van der Waals surface area contributed by atoms with Crippen molar-refractivity contribution in [1.29, 1.82) is 5.41 Å². The number of guanidine groups is 1. The number of hydrogen-bond donors (Lipinski definition) is 7. The van der Waals surface area contributed by atoms with Gasteiger partial charge in [0.15, 0.2) is 5.96 Å². The molecule has 0 bridgehead atoms. The van der Waals surface area contributed by atoms with Crippen LogP contribution in [0.2, 0.25) is 0 Å². The van der Waals surface area contributed by atoms with Gasteiger partial charge in [-0.05, 0) is 18.2 Å². The number of primary amides is 1. The number of rotatable bonds is 7. The van der Waals surface area contributed by atoms with Gasteiger partial charge in [0.2, 0.25) is 5.91 Å². The van der Waals surface area contributed by atoms with Crippen LogP contribution in [0.4, 0.5) is 10.5 Å². The molecule has 1 rings (SSSR count). The molecule has 0 aliphatic rings. The highest BCUT2D eigenvalue weighted by Gasteiger charge is 2.23. The highest BCUT2D eigenvalue weighted by molar-refractivity contribution is 6.04. The minimum absolute atomic E-state index is 0.130. The van der Waals surface area contributed by atoms with Gasteiger partial charge in [0.05, 0.1) is 6.42 Å². The SMILES string of the molecule is CN(C(=O)NN[C@@H](CC(=O)O)C(N)=O)C(=O)c1cccc(NC(=N)N)c1. The molecule has 0 saturated heterocycles. The summed E-state index contributed by atoms with van der Waals surface area (Å²) in [6.45, 7) is 0. The minimum atomic E-state index is -1.34. The fourth-order valence-electron chi connectivity index (χ4n) is 1.80. The molecule has 26 heavy (non-hydrogen) atoms. The van der Waals surface area contributed by atoms with Crippen molar-refractivity contribution in [2.24, 2.45) is 11.5 Å². The number of hydrazine groups is 1. The van der Waals surface area contributed by atoms with Crippen molar-refractivity contribution in [3.8, 4) is 0 Å². The maximum atomic E-state index is 12.3. The Balaban J connectivity index is 2.75. The van der Waals surface area contributed by atoms with Crippen LogP contribution in [0, 0.1) is 5.41 Å². The molecule has 140 valence electrons. The lowest BCUT2D eigenvalue weighted by molar-refractivity contribution is -0.139. The maximum Gasteiger partial charge on any atom is 0.338 e. The first kappa shape index (κ1) is 20.4. The van der Waals surface area contributed by atoms with Gasteiger partial charge in [0.1, 0.15) is 6.04 Å². The van der Waals surface area contributed by atoms with Gasteiger partial charge in [-0.2, -0.15) is 0 Å². The Labute approximate surface area is 148 Å². The molecule has 1 atom stereocenters. The van der Waals surface area contributed by atoms with Crippen LogP contribution < -0.4 is 27.6 Å². The minimum Gasteiger partial charge on any atom is -0.481 e. The van der Waals surface area contributed by atoms with E-state index in [1.54, 1.807) is 6.07 Å². The summed E-state index contributed by atoms with van der Waals surface area (Å²) >= 11 is 0. The van der Waals surface area contributed by atoms with Gasteiger partial charge in [-0.15, -0.1) is 0 Å². The van der Waals surface area contributed by atoms with Crippen LogP contribution in [0.25, 0.3) is 0 Å². The molecule has 0 spiro atoms. The quantitative estimate of drug-likeness (QED) is 0.173. The average Bonchev–Trinajstić information content (AvgIpc) is 2.56. The molecule has 0 radical (unpaired) electrons. The second-order valence-electron chi connectivity index (χ2n) is 5.11. The lowest BCUT2D eigenvalue weighted by Crippen LogP contribution is -2.54. The van der Waals surface area contributed by atoms with Gasteiger partial charge in [-0.25, -0.2) is 10.2 Å². The summed E-state index contributed by atoms with van der Waals surface area (Å²) in [6.07, 6.45) is -0.647. The molecule has 0 aliphatic carbocycles. The fraction of sp³-hybridized carbons (Fsp3) is 0.214. The normalized spacial score (nSPS) is 11.1. The predicted molar refractivity (Wildman–Crippen MR) is 91.0 cm³/mol. The fourth-order valence-corrected chi connectivity index (χ4v) is 1.80. The Bertz CT molecular complexity index is 736.